The summed E-state index contributed by atoms with van der Waals surface area (Å²) in [6, 6.07) is 14.0. The number of rotatable bonds is 6. The van der Waals surface area contributed by atoms with Crippen LogP contribution in [0, 0.1) is 0 Å². The van der Waals surface area contributed by atoms with Gasteiger partial charge in [0.25, 0.3) is 0 Å². The molecule has 2 heterocycles. The minimum atomic E-state index is -0.713. The average molecular weight is 425 g/mol. The van der Waals surface area contributed by atoms with Crippen LogP contribution in [0.3, 0.4) is 0 Å². The predicted octanol–water partition coefficient (Wildman–Crippen LogP) is 3.15. The Morgan fingerprint density at radius 3 is 2.57 bits per heavy atom. The molecule has 152 valence electrons. The standard InChI is InChI=1S/C21H17ClN4O4/c1-2-29-17-6-4-3-5-16(17)26-12-11-25(20(27)21(26)28)13-18-23-19(24-30-18)14-7-9-15(22)10-8-14/h3-12H,2,13H2,1H3. The van der Waals surface area contributed by atoms with E-state index in [2.05, 4.69) is 10.1 Å². The van der Waals surface area contributed by atoms with Crippen molar-refractivity contribution in [3.8, 4) is 22.8 Å². The summed E-state index contributed by atoms with van der Waals surface area (Å²) in [6.07, 6.45) is 3.01. The molecule has 2 aromatic heterocycles. The lowest BCUT2D eigenvalue weighted by Gasteiger charge is -2.12. The lowest BCUT2D eigenvalue weighted by Crippen LogP contribution is -2.40. The zero-order chi connectivity index (χ0) is 21.1. The molecule has 9 heteroatoms. The van der Waals surface area contributed by atoms with Gasteiger partial charge in [-0.2, -0.15) is 4.98 Å². The molecule has 2 aromatic carbocycles. The van der Waals surface area contributed by atoms with E-state index in [0.29, 0.717) is 28.9 Å². The third-order valence-electron chi connectivity index (χ3n) is 4.36. The second-order valence-electron chi connectivity index (χ2n) is 6.33. The fraction of sp³-hybridized carbons (Fsp3) is 0.143. The molecule has 0 radical (unpaired) electrons. The molecule has 30 heavy (non-hydrogen) atoms. The van der Waals surface area contributed by atoms with Crippen molar-refractivity contribution in [3.05, 3.63) is 92.5 Å². The van der Waals surface area contributed by atoms with Crippen molar-refractivity contribution in [1.29, 1.82) is 0 Å². The van der Waals surface area contributed by atoms with Gasteiger partial charge in [-0.3, -0.25) is 18.7 Å². The van der Waals surface area contributed by atoms with Crippen molar-refractivity contribution in [2.24, 2.45) is 0 Å². The van der Waals surface area contributed by atoms with Gasteiger partial charge in [0.2, 0.25) is 11.7 Å². The summed E-state index contributed by atoms with van der Waals surface area (Å²) >= 11 is 5.89. The number of ether oxygens (including phenoxy) is 1. The minimum absolute atomic E-state index is 0.0252. The molecule has 4 aromatic rings. The van der Waals surface area contributed by atoms with Crippen molar-refractivity contribution in [2.45, 2.75) is 13.5 Å². The van der Waals surface area contributed by atoms with Crippen LogP contribution in [0.2, 0.25) is 5.02 Å². The van der Waals surface area contributed by atoms with E-state index in [-0.39, 0.29) is 12.4 Å². The summed E-state index contributed by atoms with van der Waals surface area (Å²) in [5, 5.41) is 4.51. The van der Waals surface area contributed by atoms with E-state index in [1.54, 1.807) is 48.5 Å². The van der Waals surface area contributed by atoms with Gasteiger partial charge in [-0.05, 0) is 43.3 Å². The number of hydrogen-bond acceptors (Lipinski definition) is 6. The highest BCUT2D eigenvalue weighted by atomic mass is 35.5. The molecule has 0 atom stereocenters. The van der Waals surface area contributed by atoms with Gasteiger partial charge in [0.1, 0.15) is 12.3 Å². The molecule has 0 saturated carbocycles. The lowest BCUT2D eigenvalue weighted by molar-refractivity contribution is 0.338. The molecule has 0 saturated heterocycles. The number of nitrogens with zero attached hydrogens (tertiary/aromatic N) is 4. The summed E-state index contributed by atoms with van der Waals surface area (Å²) in [5.74, 6) is 1.09. The molecule has 0 spiro atoms. The minimum Gasteiger partial charge on any atom is -0.492 e. The Hall–Kier alpha value is -3.65. The van der Waals surface area contributed by atoms with Crippen molar-refractivity contribution >= 4 is 11.6 Å². The molecule has 0 aliphatic carbocycles. The summed E-state index contributed by atoms with van der Waals surface area (Å²) in [4.78, 5) is 29.6. The van der Waals surface area contributed by atoms with Crippen LogP contribution in [0.1, 0.15) is 12.8 Å². The van der Waals surface area contributed by atoms with Gasteiger partial charge in [0.05, 0.1) is 12.3 Å². The largest absolute Gasteiger partial charge is 0.492 e. The molecular formula is C21H17ClN4O4. The van der Waals surface area contributed by atoms with Gasteiger partial charge in [-0.25, -0.2) is 0 Å². The zero-order valence-electron chi connectivity index (χ0n) is 16.0. The summed E-state index contributed by atoms with van der Waals surface area (Å²) in [7, 11) is 0. The number of para-hydroxylation sites is 2. The summed E-state index contributed by atoms with van der Waals surface area (Å²) in [5.41, 5.74) is -0.196. The highest BCUT2D eigenvalue weighted by Gasteiger charge is 2.14. The normalized spacial score (nSPS) is 10.9. The third kappa shape index (κ3) is 3.90. The van der Waals surface area contributed by atoms with Crippen LogP contribution in [-0.2, 0) is 6.54 Å². The van der Waals surface area contributed by atoms with Crippen molar-refractivity contribution < 1.29 is 9.26 Å². The number of benzene rings is 2. The quantitative estimate of drug-likeness (QED) is 0.441. The maximum atomic E-state index is 12.7. The van der Waals surface area contributed by atoms with E-state index in [4.69, 9.17) is 20.9 Å². The first kappa shape index (κ1) is 19.7. The second kappa shape index (κ2) is 8.38. The van der Waals surface area contributed by atoms with Crippen molar-refractivity contribution in [2.75, 3.05) is 6.61 Å². The Labute approximate surface area is 175 Å². The molecule has 0 amide bonds. The van der Waals surface area contributed by atoms with E-state index in [0.717, 1.165) is 5.56 Å². The van der Waals surface area contributed by atoms with E-state index in [9.17, 15) is 9.59 Å². The smallest absolute Gasteiger partial charge is 0.321 e. The highest BCUT2D eigenvalue weighted by Crippen LogP contribution is 2.21. The monoisotopic (exact) mass is 424 g/mol. The molecule has 8 nitrogen and oxygen atoms in total. The Balaban J connectivity index is 1.63. The molecule has 0 unspecified atom stereocenters. The first-order valence-corrected chi connectivity index (χ1v) is 9.57. The van der Waals surface area contributed by atoms with Crippen LogP contribution >= 0.6 is 11.6 Å². The van der Waals surface area contributed by atoms with Gasteiger partial charge >= 0.3 is 11.1 Å². The molecule has 0 bridgehead atoms. The highest BCUT2D eigenvalue weighted by molar-refractivity contribution is 6.30. The lowest BCUT2D eigenvalue weighted by atomic mass is 10.2. The Bertz CT molecular complexity index is 1290. The molecule has 0 aliphatic rings. The second-order valence-corrected chi connectivity index (χ2v) is 6.76. The van der Waals surface area contributed by atoms with Crippen LogP contribution in [0.25, 0.3) is 17.1 Å². The number of hydrogen-bond donors (Lipinski definition) is 0. The summed E-state index contributed by atoms with van der Waals surface area (Å²) in [6.45, 7) is 2.26. The SMILES string of the molecule is CCOc1ccccc1-n1ccn(Cc2nc(-c3ccc(Cl)cc3)no2)c(=O)c1=O. The first-order valence-electron chi connectivity index (χ1n) is 9.19. The average Bonchev–Trinajstić information content (AvgIpc) is 3.22. The number of halogens is 1. The fourth-order valence-electron chi connectivity index (χ4n) is 2.94. The van der Waals surface area contributed by atoms with E-state index in [1.807, 2.05) is 6.92 Å². The molecule has 0 fully saturated rings. The summed E-state index contributed by atoms with van der Waals surface area (Å²) < 4.78 is 13.3. The molecular weight excluding hydrogens is 408 g/mol. The topological polar surface area (TPSA) is 92.2 Å². The molecule has 0 aliphatic heterocycles. The van der Waals surface area contributed by atoms with Crippen LogP contribution in [0.15, 0.2) is 75.0 Å². The molecule has 0 N–H and O–H groups in total. The van der Waals surface area contributed by atoms with Crippen LogP contribution < -0.4 is 15.9 Å². The van der Waals surface area contributed by atoms with Gasteiger partial charge < -0.3 is 9.26 Å². The van der Waals surface area contributed by atoms with Crippen molar-refractivity contribution in [1.82, 2.24) is 19.3 Å². The van der Waals surface area contributed by atoms with Crippen LogP contribution in [0.5, 0.6) is 5.75 Å². The Morgan fingerprint density at radius 1 is 1.03 bits per heavy atom. The molecule has 4 rings (SSSR count). The maximum Gasteiger partial charge on any atom is 0.321 e. The Morgan fingerprint density at radius 2 is 1.80 bits per heavy atom. The van der Waals surface area contributed by atoms with Gasteiger partial charge in [0.15, 0.2) is 0 Å². The zero-order valence-corrected chi connectivity index (χ0v) is 16.7. The Kier molecular flexibility index (Phi) is 5.49. The van der Waals surface area contributed by atoms with Gasteiger partial charge in [-0.1, -0.05) is 28.9 Å². The van der Waals surface area contributed by atoms with E-state index in [1.165, 1.54) is 21.5 Å². The maximum absolute atomic E-state index is 12.7. The van der Waals surface area contributed by atoms with Crippen molar-refractivity contribution in [3.63, 3.8) is 0 Å². The van der Waals surface area contributed by atoms with Crippen LogP contribution in [0.4, 0.5) is 0 Å². The fourth-order valence-corrected chi connectivity index (χ4v) is 3.06. The number of aromatic nitrogens is 4. The predicted molar refractivity (Wildman–Crippen MR) is 111 cm³/mol. The van der Waals surface area contributed by atoms with E-state index < -0.39 is 11.1 Å². The third-order valence-corrected chi connectivity index (χ3v) is 4.61. The van der Waals surface area contributed by atoms with E-state index >= 15 is 0 Å². The first-order chi connectivity index (χ1) is 14.6. The van der Waals surface area contributed by atoms with Gasteiger partial charge in [-0.15, -0.1) is 0 Å². The van der Waals surface area contributed by atoms with Gasteiger partial charge in [0, 0.05) is 23.0 Å². The van der Waals surface area contributed by atoms with Crippen LogP contribution in [-0.4, -0.2) is 25.9 Å².